The molecule has 0 atom stereocenters. The molecule has 2 aromatic carbocycles. The van der Waals surface area contributed by atoms with Gasteiger partial charge in [0, 0.05) is 41.2 Å². The van der Waals surface area contributed by atoms with Gasteiger partial charge in [0.2, 0.25) is 0 Å². The molecular formula is C24H23FN4O2. The summed E-state index contributed by atoms with van der Waals surface area (Å²) in [5, 5.41) is 3.91. The van der Waals surface area contributed by atoms with Crippen molar-refractivity contribution in [1.29, 1.82) is 0 Å². The summed E-state index contributed by atoms with van der Waals surface area (Å²) in [6.07, 6.45) is 8.04. The standard InChI is InChI=1S/C24H23FN4O2/c1-5-16-7-6-8-18(11-16)28-24-19-12-17(13-22(30)20(25)9-10-29(2)3)23(31-4)14-21(19)26-15-27-24/h1,6-9,11-12,14-15H,10,13H2,2-4H3,(H,26,27,28). The maximum absolute atomic E-state index is 14.2. The first-order valence-electron chi connectivity index (χ1n) is 9.60. The van der Waals surface area contributed by atoms with E-state index in [4.69, 9.17) is 11.2 Å². The average molecular weight is 418 g/mol. The summed E-state index contributed by atoms with van der Waals surface area (Å²) in [7, 11) is 5.10. The second kappa shape index (κ2) is 9.83. The van der Waals surface area contributed by atoms with Gasteiger partial charge in [-0.25, -0.2) is 14.4 Å². The number of allylic oxidation sites excluding steroid dienone is 1. The minimum Gasteiger partial charge on any atom is -0.496 e. The predicted molar refractivity (Wildman–Crippen MR) is 120 cm³/mol. The van der Waals surface area contributed by atoms with Gasteiger partial charge in [-0.05, 0) is 44.4 Å². The molecule has 31 heavy (non-hydrogen) atoms. The number of methoxy groups -OCH3 is 1. The van der Waals surface area contributed by atoms with Crippen LogP contribution in [0.4, 0.5) is 15.9 Å². The highest BCUT2D eigenvalue weighted by atomic mass is 19.1. The van der Waals surface area contributed by atoms with Crippen LogP contribution in [-0.2, 0) is 11.2 Å². The molecule has 0 radical (unpaired) electrons. The first kappa shape index (κ1) is 21.9. The van der Waals surface area contributed by atoms with Crippen molar-refractivity contribution in [3.63, 3.8) is 0 Å². The Bertz CT molecular complexity index is 1180. The maximum Gasteiger partial charge on any atom is 0.195 e. The zero-order chi connectivity index (χ0) is 22.4. The highest BCUT2D eigenvalue weighted by Gasteiger charge is 2.16. The number of anilines is 2. The fourth-order valence-corrected chi connectivity index (χ4v) is 3.01. The summed E-state index contributed by atoms with van der Waals surface area (Å²) in [4.78, 5) is 22.8. The van der Waals surface area contributed by atoms with Crippen LogP contribution in [-0.4, -0.2) is 48.4 Å². The van der Waals surface area contributed by atoms with Crippen molar-refractivity contribution < 1.29 is 13.9 Å². The van der Waals surface area contributed by atoms with Crippen LogP contribution in [0, 0.1) is 12.3 Å². The SMILES string of the molecule is C#Cc1cccc(Nc2ncnc3cc(OC)c(CC(=O)C(F)=CCN(C)C)cc23)c1. The van der Waals surface area contributed by atoms with Gasteiger partial charge in [0.1, 0.15) is 17.9 Å². The molecule has 7 heteroatoms. The summed E-state index contributed by atoms with van der Waals surface area (Å²) in [6, 6.07) is 10.8. The number of benzene rings is 2. The summed E-state index contributed by atoms with van der Waals surface area (Å²) in [5.41, 5.74) is 2.67. The number of carbonyl (C=O) groups is 1. The molecule has 1 heterocycles. The van der Waals surface area contributed by atoms with Crippen molar-refractivity contribution in [2.24, 2.45) is 0 Å². The normalized spacial score (nSPS) is 11.4. The zero-order valence-electron chi connectivity index (χ0n) is 17.6. The van der Waals surface area contributed by atoms with Crippen molar-refractivity contribution in [3.8, 4) is 18.1 Å². The molecular weight excluding hydrogens is 395 g/mol. The molecule has 1 N–H and O–H groups in total. The van der Waals surface area contributed by atoms with Gasteiger partial charge >= 0.3 is 0 Å². The minimum absolute atomic E-state index is 0.143. The van der Waals surface area contributed by atoms with Crippen LogP contribution in [0.15, 0.2) is 54.6 Å². The average Bonchev–Trinajstić information content (AvgIpc) is 2.77. The van der Waals surface area contributed by atoms with Crippen molar-refractivity contribution in [3.05, 3.63) is 65.8 Å². The minimum atomic E-state index is -0.774. The van der Waals surface area contributed by atoms with Gasteiger partial charge in [0.15, 0.2) is 11.6 Å². The van der Waals surface area contributed by atoms with E-state index in [-0.39, 0.29) is 6.42 Å². The number of carbonyl (C=O) groups excluding carboxylic acids is 1. The maximum atomic E-state index is 14.2. The van der Waals surface area contributed by atoms with Gasteiger partial charge in [-0.1, -0.05) is 12.0 Å². The Kier molecular flexibility index (Phi) is 6.96. The summed E-state index contributed by atoms with van der Waals surface area (Å²) in [5.74, 6) is 2.20. The topological polar surface area (TPSA) is 67.4 Å². The number of terminal acetylenes is 1. The third-order valence-corrected chi connectivity index (χ3v) is 4.58. The number of ketones is 1. The largest absolute Gasteiger partial charge is 0.496 e. The predicted octanol–water partition coefficient (Wildman–Crippen LogP) is 3.89. The van der Waals surface area contributed by atoms with E-state index in [0.29, 0.717) is 34.6 Å². The molecule has 0 aliphatic carbocycles. The number of ether oxygens (including phenoxy) is 1. The second-order valence-corrected chi connectivity index (χ2v) is 7.17. The quantitative estimate of drug-likeness (QED) is 0.442. The van der Waals surface area contributed by atoms with E-state index in [9.17, 15) is 9.18 Å². The van der Waals surface area contributed by atoms with E-state index < -0.39 is 11.6 Å². The molecule has 0 spiro atoms. The van der Waals surface area contributed by atoms with Crippen LogP contribution < -0.4 is 10.1 Å². The van der Waals surface area contributed by atoms with Crippen LogP contribution in [0.3, 0.4) is 0 Å². The first-order chi connectivity index (χ1) is 14.9. The van der Waals surface area contributed by atoms with Crippen molar-refractivity contribution in [2.75, 3.05) is 33.1 Å². The van der Waals surface area contributed by atoms with E-state index in [1.165, 1.54) is 19.5 Å². The smallest absolute Gasteiger partial charge is 0.195 e. The van der Waals surface area contributed by atoms with Crippen molar-refractivity contribution in [2.45, 2.75) is 6.42 Å². The Morgan fingerprint density at radius 1 is 1.29 bits per heavy atom. The highest BCUT2D eigenvalue weighted by molar-refractivity contribution is 5.97. The molecule has 0 fully saturated rings. The van der Waals surface area contributed by atoms with Crippen LogP contribution in [0.2, 0.25) is 0 Å². The van der Waals surface area contributed by atoms with Gasteiger partial charge in [0.05, 0.1) is 12.6 Å². The van der Waals surface area contributed by atoms with Crippen LogP contribution in [0.25, 0.3) is 10.9 Å². The second-order valence-electron chi connectivity index (χ2n) is 7.17. The number of hydrogen-bond donors (Lipinski definition) is 1. The van der Waals surface area contributed by atoms with Gasteiger partial charge in [-0.2, -0.15) is 0 Å². The molecule has 0 aliphatic heterocycles. The fraction of sp³-hybridized carbons (Fsp3) is 0.208. The molecule has 6 nitrogen and oxygen atoms in total. The van der Waals surface area contributed by atoms with Crippen LogP contribution in [0.5, 0.6) is 5.75 Å². The van der Waals surface area contributed by atoms with E-state index in [1.54, 1.807) is 31.1 Å². The number of halogens is 1. The number of Topliss-reactive ketones (excluding diaryl/α,β-unsaturated/α-hetero) is 1. The molecule has 158 valence electrons. The lowest BCUT2D eigenvalue weighted by Gasteiger charge is -2.13. The Balaban J connectivity index is 1.97. The molecule has 0 aliphatic rings. The molecule has 3 aromatic rings. The van der Waals surface area contributed by atoms with Gasteiger partial charge in [-0.3, -0.25) is 4.79 Å². The Hall–Kier alpha value is -3.76. The monoisotopic (exact) mass is 418 g/mol. The number of nitrogens with zero attached hydrogens (tertiary/aromatic N) is 3. The van der Waals surface area contributed by atoms with Gasteiger partial charge in [0.25, 0.3) is 0 Å². The van der Waals surface area contributed by atoms with E-state index in [0.717, 1.165) is 11.3 Å². The fourth-order valence-electron chi connectivity index (χ4n) is 3.01. The lowest BCUT2D eigenvalue weighted by molar-refractivity contribution is -0.116. The van der Waals surface area contributed by atoms with E-state index in [1.807, 2.05) is 24.3 Å². The Labute approximate surface area is 180 Å². The molecule has 0 saturated carbocycles. The molecule has 3 rings (SSSR count). The highest BCUT2D eigenvalue weighted by Crippen LogP contribution is 2.30. The van der Waals surface area contributed by atoms with Crippen LogP contribution >= 0.6 is 0 Å². The lowest BCUT2D eigenvalue weighted by Crippen LogP contribution is -2.13. The van der Waals surface area contributed by atoms with Gasteiger partial charge < -0.3 is 15.0 Å². The van der Waals surface area contributed by atoms with Crippen molar-refractivity contribution in [1.82, 2.24) is 14.9 Å². The molecule has 0 amide bonds. The van der Waals surface area contributed by atoms with E-state index in [2.05, 4.69) is 21.2 Å². The number of likely N-dealkylation sites (N-methyl/N-ethyl adjacent to an activating group) is 1. The summed E-state index contributed by atoms with van der Waals surface area (Å²) >= 11 is 0. The summed E-state index contributed by atoms with van der Waals surface area (Å²) in [6.45, 7) is 0.338. The lowest BCUT2D eigenvalue weighted by atomic mass is 10.0. The first-order valence-corrected chi connectivity index (χ1v) is 9.60. The number of nitrogens with one attached hydrogen (secondary N) is 1. The molecule has 0 bridgehead atoms. The van der Waals surface area contributed by atoms with E-state index >= 15 is 0 Å². The molecule has 0 saturated heterocycles. The van der Waals surface area contributed by atoms with Crippen molar-refractivity contribution >= 4 is 28.2 Å². The number of aromatic nitrogens is 2. The van der Waals surface area contributed by atoms with Gasteiger partial charge in [-0.15, -0.1) is 6.42 Å². The Morgan fingerprint density at radius 3 is 2.81 bits per heavy atom. The van der Waals surface area contributed by atoms with Crippen LogP contribution in [0.1, 0.15) is 11.1 Å². The molecule has 0 unspecified atom stereocenters. The third kappa shape index (κ3) is 5.44. The zero-order valence-corrected chi connectivity index (χ0v) is 17.6. The Morgan fingerprint density at radius 2 is 2.10 bits per heavy atom. The number of fused-ring (bicyclic) bond motifs is 1. The molecule has 1 aromatic heterocycles. The number of hydrogen-bond acceptors (Lipinski definition) is 6. The summed E-state index contributed by atoms with van der Waals surface area (Å²) < 4.78 is 19.6. The number of rotatable bonds is 8. The third-order valence-electron chi connectivity index (χ3n) is 4.58.